The van der Waals surface area contributed by atoms with E-state index in [9.17, 15) is 13.2 Å². The van der Waals surface area contributed by atoms with Crippen LogP contribution < -0.4 is 0 Å². The van der Waals surface area contributed by atoms with E-state index in [4.69, 9.17) is 0 Å². The van der Waals surface area contributed by atoms with E-state index in [0.717, 1.165) is 22.8 Å². The number of hydrogen-bond acceptors (Lipinski definition) is 3. The first kappa shape index (κ1) is 12.6. The van der Waals surface area contributed by atoms with Gasteiger partial charge in [0.15, 0.2) is 0 Å². The Bertz CT molecular complexity index is 532. The van der Waals surface area contributed by atoms with Crippen LogP contribution in [0.2, 0.25) is 0 Å². The van der Waals surface area contributed by atoms with Gasteiger partial charge in [0.05, 0.1) is 5.75 Å². The fraction of sp³-hybridized carbons (Fsp3) is 0.364. The molecule has 0 aliphatic heterocycles. The van der Waals surface area contributed by atoms with Gasteiger partial charge in [-0.25, -0.2) is 13.2 Å². The molecule has 0 N–H and O–H groups in total. The fourth-order valence-corrected chi connectivity index (χ4v) is 2.71. The molecule has 4 nitrogen and oxygen atoms in total. The van der Waals surface area contributed by atoms with Gasteiger partial charge in [-0.3, -0.25) is 0 Å². The molecular formula is C11H13NO3S. The summed E-state index contributed by atoms with van der Waals surface area (Å²) in [5.41, 5.74) is 3.56. The lowest BCUT2D eigenvalue weighted by atomic mass is 10.0. The molecule has 86 valence electrons. The van der Waals surface area contributed by atoms with E-state index >= 15 is 0 Å². The number of benzene rings is 1. The highest BCUT2D eigenvalue weighted by Gasteiger charge is 2.14. The maximum absolute atomic E-state index is 11.4. The van der Waals surface area contributed by atoms with Crippen molar-refractivity contribution in [1.82, 2.24) is 0 Å². The molecule has 0 radical (unpaired) electrons. The van der Waals surface area contributed by atoms with Gasteiger partial charge in [-0.1, -0.05) is 22.1 Å². The van der Waals surface area contributed by atoms with E-state index in [-0.39, 0.29) is 5.75 Å². The van der Waals surface area contributed by atoms with E-state index in [1.807, 2.05) is 32.9 Å². The molecule has 0 atom stereocenters. The molecule has 1 rings (SSSR count). The van der Waals surface area contributed by atoms with Gasteiger partial charge in [0, 0.05) is 0 Å². The van der Waals surface area contributed by atoms with Gasteiger partial charge in [-0.15, -0.1) is 0 Å². The van der Waals surface area contributed by atoms with Crippen LogP contribution in [0.15, 0.2) is 16.5 Å². The second-order valence-corrected chi connectivity index (χ2v) is 5.42. The quantitative estimate of drug-likeness (QED) is 0.596. The molecule has 1 aromatic rings. The zero-order valence-corrected chi connectivity index (χ0v) is 10.3. The number of carbonyl (C=O) groups excluding carboxylic acids is 1. The molecule has 0 aliphatic carbocycles. The van der Waals surface area contributed by atoms with Crippen molar-refractivity contribution >= 4 is 16.1 Å². The summed E-state index contributed by atoms with van der Waals surface area (Å²) in [6, 6.07) is 3.81. The van der Waals surface area contributed by atoms with Crippen LogP contribution in [0.5, 0.6) is 0 Å². The van der Waals surface area contributed by atoms with E-state index in [1.165, 1.54) is 0 Å². The second kappa shape index (κ2) is 4.60. The van der Waals surface area contributed by atoms with Crippen molar-refractivity contribution in [2.75, 3.05) is 0 Å². The Morgan fingerprint density at radius 3 is 2.12 bits per heavy atom. The van der Waals surface area contributed by atoms with E-state index < -0.39 is 10.0 Å². The zero-order valence-electron chi connectivity index (χ0n) is 9.44. The summed E-state index contributed by atoms with van der Waals surface area (Å²) in [6.07, 6.45) is 1.07. The van der Waals surface area contributed by atoms with Gasteiger partial charge in [0.25, 0.3) is 16.1 Å². The van der Waals surface area contributed by atoms with Crippen LogP contribution in [-0.4, -0.2) is 14.5 Å². The molecule has 0 spiro atoms. The number of rotatable bonds is 3. The minimum absolute atomic E-state index is 0.250. The molecule has 0 saturated carbocycles. The monoisotopic (exact) mass is 239 g/mol. The van der Waals surface area contributed by atoms with Gasteiger partial charge >= 0.3 is 0 Å². The van der Waals surface area contributed by atoms with Crippen molar-refractivity contribution in [3.8, 4) is 0 Å². The van der Waals surface area contributed by atoms with Crippen LogP contribution >= 0.6 is 0 Å². The maximum Gasteiger partial charge on any atom is 0.267 e. The summed E-state index contributed by atoms with van der Waals surface area (Å²) in [4.78, 5) is 9.96. The average Bonchev–Trinajstić information content (AvgIpc) is 2.11. The third-order valence-electron chi connectivity index (χ3n) is 2.34. The summed E-state index contributed by atoms with van der Waals surface area (Å²) in [5.74, 6) is -0.250. The molecule has 0 amide bonds. The first-order chi connectivity index (χ1) is 7.35. The van der Waals surface area contributed by atoms with Crippen molar-refractivity contribution in [3.63, 3.8) is 0 Å². The molecule has 0 saturated heterocycles. The molecule has 0 aromatic heterocycles. The first-order valence-electron chi connectivity index (χ1n) is 4.74. The predicted octanol–water partition coefficient (Wildman–Crippen LogP) is 1.78. The van der Waals surface area contributed by atoms with Crippen molar-refractivity contribution in [3.05, 3.63) is 34.4 Å². The Kier molecular flexibility index (Phi) is 3.62. The normalized spacial score (nSPS) is 10.9. The lowest BCUT2D eigenvalue weighted by Crippen LogP contribution is -2.04. The molecule has 0 aliphatic rings. The molecule has 0 fully saturated rings. The minimum Gasteiger partial charge on any atom is -0.210 e. The summed E-state index contributed by atoms with van der Waals surface area (Å²) in [5, 5.41) is 0. The highest BCUT2D eigenvalue weighted by atomic mass is 32.2. The van der Waals surface area contributed by atoms with Gasteiger partial charge in [-0.2, -0.15) is 0 Å². The lowest BCUT2D eigenvalue weighted by molar-refractivity contribution is 0.563. The van der Waals surface area contributed by atoms with E-state index in [2.05, 4.69) is 4.40 Å². The number of nitrogens with zero attached hydrogens (tertiary/aromatic N) is 1. The van der Waals surface area contributed by atoms with Crippen molar-refractivity contribution < 1.29 is 13.2 Å². The Hall–Kier alpha value is -1.45. The van der Waals surface area contributed by atoms with E-state index in [0.29, 0.717) is 5.56 Å². The van der Waals surface area contributed by atoms with Crippen LogP contribution in [0.4, 0.5) is 0 Å². The molecule has 16 heavy (non-hydrogen) atoms. The Labute approximate surface area is 95.1 Å². The molecule has 0 unspecified atom stereocenters. The Balaban J connectivity index is 3.22. The number of hydrogen-bond donors (Lipinski definition) is 0. The number of aryl methyl sites for hydroxylation is 3. The van der Waals surface area contributed by atoms with Gasteiger partial charge < -0.3 is 0 Å². The van der Waals surface area contributed by atoms with Crippen LogP contribution in [0.1, 0.15) is 22.3 Å². The summed E-state index contributed by atoms with van der Waals surface area (Å²) >= 11 is 0. The fourth-order valence-electron chi connectivity index (χ4n) is 1.71. The third kappa shape index (κ3) is 3.02. The average molecular weight is 239 g/mol. The van der Waals surface area contributed by atoms with E-state index in [1.54, 1.807) is 0 Å². The standard InChI is InChI=1S/C11H13NO3S/c1-8-4-9(2)11(10(3)5-8)6-16(14,15)12-7-13/h4-5H,6H2,1-3H3. The van der Waals surface area contributed by atoms with Gasteiger partial charge in [0.2, 0.25) is 0 Å². The minimum atomic E-state index is -3.74. The summed E-state index contributed by atoms with van der Waals surface area (Å²) < 4.78 is 25.5. The highest BCUT2D eigenvalue weighted by Crippen LogP contribution is 2.19. The van der Waals surface area contributed by atoms with Crippen molar-refractivity contribution in [2.45, 2.75) is 26.5 Å². The molecule has 0 heterocycles. The first-order valence-corrected chi connectivity index (χ1v) is 6.35. The smallest absolute Gasteiger partial charge is 0.210 e. The molecule has 0 bridgehead atoms. The maximum atomic E-state index is 11.4. The SMILES string of the molecule is Cc1cc(C)c(CS(=O)(=O)N=C=O)c(C)c1. The predicted molar refractivity (Wildman–Crippen MR) is 61.4 cm³/mol. The molecule has 1 aromatic carbocycles. The highest BCUT2D eigenvalue weighted by molar-refractivity contribution is 7.89. The number of isocyanates is 1. The Morgan fingerprint density at radius 2 is 1.69 bits per heavy atom. The van der Waals surface area contributed by atoms with Crippen LogP contribution in [0.3, 0.4) is 0 Å². The molecular weight excluding hydrogens is 226 g/mol. The Morgan fingerprint density at radius 1 is 1.19 bits per heavy atom. The topological polar surface area (TPSA) is 63.6 Å². The van der Waals surface area contributed by atoms with Gasteiger partial charge in [-0.05, 0) is 37.5 Å². The van der Waals surface area contributed by atoms with Crippen LogP contribution in [0, 0.1) is 20.8 Å². The van der Waals surface area contributed by atoms with Crippen LogP contribution in [0.25, 0.3) is 0 Å². The summed E-state index contributed by atoms with van der Waals surface area (Å²) in [6.45, 7) is 5.63. The van der Waals surface area contributed by atoms with Crippen molar-refractivity contribution in [2.24, 2.45) is 4.40 Å². The number of sulfonamides is 1. The largest absolute Gasteiger partial charge is 0.267 e. The summed E-state index contributed by atoms with van der Waals surface area (Å²) in [7, 11) is -3.74. The van der Waals surface area contributed by atoms with Gasteiger partial charge in [0.1, 0.15) is 0 Å². The second-order valence-electron chi connectivity index (χ2n) is 3.79. The van der Waals surface area contributed by atoms with Crippen molar-refractivity contribution in [1.29, 1.82) is 0 Å². The molecule has 5 heteroatoms. The third-order valence-corrected chi connectivity index (χ3v) is 3.35. The lowest BCUT2D eigenvalue weighted by Gasteiger charge is -2.09. The zero-order chi connectivity index (χ0) is 12.3. The van der Waals surface area contributed by atoms with Crippen LogP contribution in [-0.2, 0) is 20.6 Å².